The highest BCUT2D eigenvalue weighted by atomic mass is 35.5. The van der Waals surface area contributed by atoms with Crippen molar-refractivity contribution in [2.75, 3.05) is 24.0 Å². The van der Waals surface area contributed by atoms with E-state index in [0.717, 1.165) is 9.80 Å². The molecule has 1 heterocycles. The van der Waals surface area contributed by atoms with Gasteiger partial charge in [0, 0.05) is 0 Å². The van der Waals surface area contributed by atoms with E-state index in [4.69, 9.17) is 32.7 Å². The highest BCUT2D eigenvalue weighted by Gasteiger charge is 2.46. The van der Waals surface area contributed by atoms with Crippen molar-refractivity contribution in [2.24, 2.45) is 0 Å². The third kappa shape index (κ3) is 2.53. The van der Waals surface area contributed by atoms with Gasteiger partial charge in [-0.15, -0.1) is 0 Å². The van der Waals surface area contributed by atoms with E-state index >= 15 is 0 Å². The van der Waals surface area contributed by atoms with Gasteiger partial charge in [0.2, 0.25) is 0 Å². The average Bonchev–Trinajstić information content (AvgIpc) is 2.55. The fourth-order valence-electron chi connectivity index (χ4n) is 2.35. The van der Waals surface area contributed by atoms with Crippen molar-refractivity contribution in [1.29, 1.82) is 0 Å². The van der Waals surface area contributed by atoms with Gasteiger partial charge in [-0.25, -0.2) is 19.4 Å². The Morgan fingerprint density at radius 2 is 1.12 bits per heavy atom. The maximum atomic E-state index is 12.4. The van der Waals surface area contributed by atoms with Crippen molar-refractivity contribution in [1.82, 2.24) is 0 Å². The molecule has 4 amide bonds. The molecule has 24 heavy (non-hydrogen) atoms. The van der Waals surface area contributed by atoms with Gasteiger partial charge in [0.05, 0.1) is 35.6 Å². The van der Waals surface area contributed by atoms with Crippen LogP contribution in [0, 0.1) is 0 Å². The average molecular weight is 367 g/mol. The molecule has 1 aliphatic heterocycles. The molecule has 0 aliphatic carbocycles. The standard InChI is InChI=1S/C16H12Cl2N2O4/c1-23-13-5-3-9(7-11(13)17)19-15(21)20(16(19)22)10-4-6-14(24-2)12(18)8-10/h3-8H,1-2H3. The molecule has 1 fully saturated rings. The summed E-state index contributed by atoms with van der Waals surface area (Å²) in [5.41, 5.74) is 0.735. The monoisotopic (exact) mass is 366 g/mol. The number of carbonyl (C=O) groups excluding carboxylic acids is 2. The van der Waals surface area contributed by atoms with Gasteiger partial charge in [-0.05, 0) is 36.4 Å². The van der Waals surface area contributed by atoms with Crippen molar-refractivity contribution in [3.63, 3.8) is 0 Å². The van der Waals surface area contributed by atoms with Gasteiger partial charge in [-0.3, -0.25) is 0 Å². The Bertz CT molecular complexity index is 759. The molecule has 0 unspecified atom stereocenters. The van der Waals surface area contributed by atoms with Crippen LogP contribution in [0.1, 0.15) is 0 Å². The number of nitrogens with zero attached hydrogens (tertiary/aromatic N) is 2. The van der Waals surface area contributed by atoms with Gasteiger partial charge in [0.15, 0.2) is 0 Å². The summed E-state index contributed by atoms with van der Waals surface area (Å²) in [5, 5.41) is 0.614. The number of hydrogen-bond donors (Lipinski definition) is 0. The van der Waals surface area contributed by atoms with E-state index in [2.05, 4.69) is 0 Å². The maximum Gasteiger partial charge on any atom is 0.345 e. The normalized spacial score (nSPS) is 13.8. The number of carbonyl (C=O) groups is 2. The summed E-state index contributed by atoms with van der Waals surface area (Å²) in [5.74, 6) is 0.916. The number of urea groups is 2. The molecule has 0 bridgehead atoms. The summed E-state index contributed by atoms with van der Waals surface area (Å²) < 4.78 is 10.1. The lowest BCUT2D eigenvalue weighted by molar-refractivity contribution is 0.226. The van der Waals surface area contributed by atoms with Crippen LogP contribution in [0.15, 0.2) is 36.4 Å². The summed E-state index contributed by atoms with van der Waals surface area (Å²) in [6.45, 7) is 0. The Morgan fingerprint density at radius 3 is 1.42 bits per heavy atom. The molecular weight excluding hydrogens is 355 g/mol. The molecule has 2 aromatic rings. The molecule has 1 saturated heterocycles. The molecule has 2 aromatic carbocycles. The van der Waals surface area contributed by atoms with Crippen LogP contribution in [0.5, 0.6) is 11.5 Å². The third-order valence-corrected chi connectivity index (χ3v) is 4.14. The van der Waals surface area contributed by atoms with E-state index in [1.807, 2.05) is 0 Å². The second-order valence-electron chi connectivity index (χ2n) is 4.87. The minimum absolute atomic E-state index is 0.307. The predicted octanol–water partition coefficient (Wildman–Crippen LogP) is 4.58. The van der Waals surface area contributed by atoms with Crippen molar-refractivity contribution < 1.29 is 19.1 Å². The Hall–Kier alpha value is -2.44. The second-order valence-corrected chi connectivity index (χ2v) is 5.69. The van der Waals surface area contributed by atoms with Crippen LogP contribution >= 0.6 is 23.2 Å². The first kappa shape index (κ1) is 16.4. The molecule has 124 valence electrons. The fourth-order valence-corrected chi connectivity index (χ4v) is 2.85. The van der Waals surface area contributed by atoms with Crippen molar-refractivity contribution >= 4 is 46.6 Å². The van der Waals surface area contributed by atoms with Gasteiger partial charge in [-0.2, -0.15) is 0 Å². The first-order chi connectivity index (χ1) is 11.5. The quantitative estimate of drug-likeness (QED) is 0.794. The lowest BCUT2D eigenvalue weighted by atomic mass is 10.2. The van der Waals surface area contributed by atoms with Crippen LogP contribution in [0.4, 0.5) is 21.0 Å². The number of hydrogen-bond acceptors (Lipinski definition) is 4. The van der Waals surface area contributed by atoms with Crippen molar-refractivity contribution in [3.05, 3.63) is 46.4 Å². The smallest absolute Gasteiger partial charge is 0.345 e. The summed E-state index contributed by atoms with van der Waals surface area (Å²) in [6, 6.07) is 8.33. The number of halogens is 2. The number of amides is 4. The lowest BCUT2D eigenvalue weighted by Crippen LogP contribution is -2.64. The SMILES string of the molecule is COc1ccc(N2C(=O)N(c3ccc(OC)c(Cl)c3)C2=O)cc1Cl. The van der Waals surface area contributed by atoms with Crippen molar-refractivity contribution in [2.45, 2.75) is 0 Å². The highest BCUT2D eigenvalue weighted by Crippen LogP contribution is 2.37. The predicted molar refractivity (Wildman–Crippen MR) is 91.8 cm³/mol. The van der Waals surface area contributed by atoms with Gasteiger partial charge in [0.1, 0.15) is 11.5 Å². The van der Waals surface area contributed by atoms with Gasteiger partial charge in [-0.1, -0.05) is 23.2 Å². The number of anilines is 2. The number of benzene rings is 2. The Balaban J connectivity index is 1.87. The second kappa shape index (κ2) is 6.22. The zero-order valence-electron chi connectivity index (χ0n) is 12.7. The summed E-state index contributed by atoms with van der Waals surface area (Å²) >= 11 is 12.1. The molecule has 0 spiro atoms. The number of ether oxygens (including phenoxy) is 2. The van der Waals surface area contributed by atoms with E-state index in [1.165, 1.54) is 26.4 Å². The van der Waals surface area contributed by atoms with Crippen LogP contribution in [-0.4, -0.2) is 26.3 Å². The summed E-state index contributed by atoms with van der Waals surface area (Å²) in [7, 11) is 2.96. The minimum atomic E-state index is -0.498. The third-order valence-electron chi connectivity index (χ3n) is 3.55. The maximum absolute atomic E-state index is 12.4. The number of imide groups is 2. The first-order valence-electron chi connectivity index (χ1n) is 6.83. The lowest BCUT2D eigenvalue weighted by Gasteiger charge is -2.38. The zero-order chi connectivity index (χ0) is 17.4. The van der Waals surface area contributed by atoms with Crippen LogP contribution < -0.4 is 19.3 Å². The van der Waals surface area contributed by atoms with Crippen LogP contribution in [0.3, 0.4) is 0 Å². The molecule has 0 aromatic heterocycles. The van der Waals surface area contributed by atoms with E-state index in [-0.39, 0.29) is 0 Å². The molecule has 0 radical (unpaired) electrons. The molecule has 8 heteroatoms. The Labute approximate surface area is 148 Å². The van der Waals surface area contributed by atoms with Gasteiger partial charge < -0.3 is 9.47 Å². The topological polar surface area (TPSA) is 59.1 Å². The van der Waals surface area contributed by atoms with E-state index in [0.29, 0.717) is 32.9 Å². The largest absolute Gasteiger partial charge is 0.495 e. The molecule has 1 aliphatic rings. The zero-order valence-corrected chi connectivity index (χ0v) is 14.3. The van der Waals surface area contributed by atoms with Gasteiger partial charge >= 0.3 is 12.1 Å². The highest BCUT2D eigenvalue weighted by molar-refractivity contribution is 6.42. The summed E-state index contributed by atoms with van der Waals surface area (Å²) in [6.07, 6.45) is 0. The van der Waals surface area contributed by atoms with Crippen LogP contribution in [-0.2, 0) is 0 Å². The molecule has 0 saturated carbocycles. The number of rotatable bonds is 4. The van der Waals surface area contributed by atoms with E-state index < -0.39 is 12.1 Å². The number of methoxy groups -OCH3 is 2. The van der Waals surface area contributed by atoms with Crippen LogP contribution in [0.25, 0.3) is 0 Å². The Morgan fingerprint density at radius 1 is 0.750 bits per heavy atom. The molecule has 3 rings (SSSR count). The van der Waals surface area contributed by atoms with Crippen LogP contribution in [0.2, 0.25) is 10.0 Å². The molecule has 0 N–H and O–H groups in total. The Kier molecular flexibility index (Phi) is 4.26. The van der Waals surface area contributed by atoms with Crippen molar-refractivity contribution in [3.8, 4) is 11.5 Å². The molecule has 0 atom stereocenters. The minimum Gasteiger partial charge on any atom is -0.495 e. The van der Waals surface area contributed by atoms with Gasteiger partial charge in [0.25, 0.3) is 0 Å². The fraction of sp³-hybridized carbons (Fsp3) is 0.125. The molecular formula is C16H12Cl2N2O4. The molecule has 6 nitrogen and oxygen atoms in total. The summed E-state index contributed by atoms with van der Waals surface area (Å²) in [4.78, 5) is 26.8. The van der Waals surface area contributed by atoms with E-state index in [9.17, 15) is 9.59 Å². The van der Waals surface area contributed by atoms with E-state index in [1.54, 1.807) is 24.3 Å². The first-order valence-corrected chi connectivity index (χ1v) is 7.58.